The number of allylic oxidation sites excluding steroid dienone is 2. The van der Waals surface area contributed by atoms with E-state index in [1.165, 1.54) is 12.0 Å². The molecular weight excluding hydrogens is 768 g/mol. The number of para-hydroxylation sites is 2. The summed E-state index contributed by atoms with van der Waals surface area (Å²) in [6, 6.07) is 34.3. The first kappa shape index (κ1) is 36.6. The summed E-state index contributed by atoms with van der Waals surface area (Å²) in [6.07, 6.45) is 2.34. The van der Waals surface area contributed by atoms with Gasteiger partial charge in [-0.2, -0.15) is 5.01 Å². The van der Waals surface area contributed by atoms with Gasteiger partial charge in [-0.1, -0.05) is 83.4 Å². The third-order valence-corrected chi connectivity index (χ3v) is 13.0. The number of aromatic nitrogens is 1. The van der Waals surface area contributed by atoms with Gasteiger partial charge in [0.1, 0.15) is 5.52 Å². The minimum absolute atomic E-state index is 0.00141. The SMILES string of the molecule is COc1cc([C@H]2C3=CC[C@@H]4C(=O)N(c5ccc(-c6nc7ccccc7o6)cc5)C(=O)[C@@H]4[C@@H]3C[C@H]3C(=O)N(Nc4ccc(C)cc4)C(=O)[C@@]23c2ccccc2)cc(Cl)c1O. The van der Waals surface area contributed by atoms with Gasteiger partial charge < -0.3 is 14.3 Å². The lowest BCUT2D eigenvalue weighted by atomic mass is 9.49. The van der Waals surface area contributed by atoms with Gasteiger partial charge in [-0.3, -0.25) is 29.5 Å². The van der Waals surface area contributed by atoms with Crippen molar-refractivity contribution in [1.29, 1.82) is 0 Å². The van der Waals surface area contributed by atoms with Crippen LogP contribution in [0.2, 0.25) is 5.02 Å². The lowest BCUT2D eigenvalue weighted by Gasteiger charge is -2.50. The van der Waals surface area contributed by atoms with Crippen molar-refractivity contribution in [3.05, 3.63) is 149 Å². The molecule has 2 saturated heterocycles. The lowest BCUT2D eigenvalue weighted by molar-refractivity contribution is -0.138. The van der Waals surface area contributed by atoms with E-state index in [1.807, 2.05) is 79.7 Å². The molecule has 6 aromatic rings. The summed E-state index contributed by atoms with van der Waals surface area (Å²) in [6.45, 7) is 1.95. The number of rotatable bonds is 7. The van der Waals surface area contributed by atoms with Gasteiger partial charge in [-0.15, -0.1) is 0 Å². The number of halogens is 1. The first-order chi connectivity index (χ1) is 28.6. The second kappa shape index (κ2) is 13.7. The number of aryl methyl sites for hydroxylation is 1. The Labute approximate surface area is 343 Å². The molecular formula is C47H37ClN4O7. The van der Waals surface area contributed by atoms with Crippen LogP contribution in [0.5, 0.6) is 11.5 Å². The molecule has 4 amide bonds. The molecule has 3 heterocycles. The minimum atomic E-state index is -1.51. The average molecular weight is 805 g/mol. The molecule has 0 bridgehead atoms. The molecule has 0 spiro atoms. The van der Waals surface area contributed by atoms with Crippen LogP contribution in [0.3, 0.4) is 0 Å². The van der Waals surface area contributed by atoms with Crippen LogP contribution in [-0.4, -0.2) is 45.8 Å². The maximum absolute atomic E-state index is 15.4. The highest BCUT2D eigenvalue weighted by Crippen LogP contribution is 2.64. The monoisotopic (exact) mass is 804 g/mol. The number of aromatic hydroxyl groups is 1. The molecule has 11 nitrogen and oxygen atoms in total. The summed E-state index contributed by atoms with van der Waals surface area (Å²) in [5.74, 6) is -5.29. The van der Waals surface area contributed by atoms with Crippen molar-refractivity contribution in [1.82, 2.24) is 9.99 Å². The number of nitrogens with one attached hydrogen (secondary N) is 1. The summed E-state index contributed by atoms with van der Waals surface area (Å²) < 4.78 is 11.5. The van der Waals surface area contributed by atoms with E-state index in [0.29, 0.717) is 39.5 Å². The fourth-order valence-electron chi connectivity index (χ4n) is 10.0. The van der Waals surface area contributed by atoms with Crippen LogP contribution in [0.1, 0.15) is 35.4 Å². The van der Waals surface area contributed by atoms with E-state index in [4.69, 9.17) is 20.8 Å². The Hall–Kier alpha value is -6.72. The number of fused-ring (bicyclic) bond motifs is 5. The topological polar surface area (TPSA) is 142 Å². The second-order valence-electron chi connectivity index (χ2n) is 15.7. The Morgan fingerprint density at radius 1 is 0.864 bits per heavy atom. The van der Waals surface area contributed by atoms with Crippen LogP contribution in [-0.2, 0) is 24.6 Å². The highest BCUT2D eigenvalue weighted by Gasteiger charge is 2.70. The summed E-state index contributed by atoms with van der Waals surface area (Å²) in [4.78, 5) is 65.5. The molecule has 6 atom stereocenters. The molecule has 5 aromatic carbocycles. The van der Waals surface area contributed by atoms with E-state index in [-0.39, 0.29) is 41.2 Å². The molecule has 294 valence electrons. The van der Waals surface area contributed by atoms with Crippen molar-refractivity contribution < 1.29 is 33.4 Å². The zero-order valence-corrected chi connectivity index (χ0v) is 32.7. The third-order valence-electron chi connectivity index (χ3n) is 12.7. The number of carbonyl (C=O) groups is 4. The van der Waals surface area contributed by atoms with Crippen LogP contribution in [0, 0.1) is 30.6 Å². The molecule has 2 aliphatic carbocycles. The Morgan fingerprint density at radius 3 is 2.32 bits per heavy atom. The first-order valence-corrected chi connectivity index (χ1v) is 19.8. The van der Waals surface area contributed by atoms with E-state index in [0.717, 1.165) is 21.7 Å². The average Bonchev–Trinajstić information content (AvgIpc) is 3.87. The van der Waals surface area contributed by atoms with Gasteiger partial charge in [0.15, 0.2) is 17.1 Å². The number of hydrogen-bond acceptors (Lipinski definition) is 9. The molecule has 2 N–H and O–H groups in total. The lowest BCUT2D eigenvalue weighted by Crippen LogP contribution is -2.53. The zero-order chi connectivity index (χ0) is 40.7. The number of phenolic OH excluding ortho intramolecular Hbond substituents is 1. The molecule has 2 aliphatic heterocycles. The molecule has 1 aromatic heterocycles. The van der Waals surface area contributed by atoms with E-state index in [1.54, 1.807) is 48.5 Å². The van der Waals surface area contributed by atoms with Gasteiger partial charge in [-0.05, 0) is 97.5 Å². The fraction of sp³-hybridized carbons (Fsp3) is 0.213. The van der Waals surface area contributed by atoms with Gasteiger partial charge in [-0.25, -0.2) is 4.98 Å². The molecule has 0 radical (unpaired) electrons. The van der Waals surface area contributed by atoms with Crippen molar-refractivity contribution in [2.75, 3.05) is 17.4 Å². The number of oxazole rings is 1. The van der Waals surface area contributed by atoms with Gasteiger partial charge in [0.25, 0.3) is 11.8 Å². The number of nitrogens with zero attached hydrogens (tertiary/aromatic N) is 3. The number of hydrogen-bond donors (Lipinski definition) is 2. The van der Waals surface area contributed by atoms with Crippen LogP contribution >= 0.6 is 11.6 Å². The smallest absolute Gasteiger partial charge is 0.260 e. The first-order valence-electron chi connectivity index (χ1n) is 19.5. The number of ether oxygens (including phenoxy) is 1. The van der Waals surface area contributed by atoms with E-state index >= 15 is 4.79 Å². The van der Waals surface area contributed by atoms with Crippen molar-refractivity contribution in [3.63, 3.8) is 0 Å². The Balaban J connectivity index is 1.09. The summed E-state index contributed by atoms with van der Waals surface area (Å²) >= 11 is 6.69. The largest absolute Gasteiger partial charge is 0.503 e. The predicted octanol–water partition coefficient (Wildman–Crippen LogP) is 8.36. The molecule has 1 saturated carbocycles. The van der Waals surface area contributed by atoms with Gasteiger partial charge in [0.05, 0.1) is 46.7 Å². The fourth-order valence-corrected chi connectivity index (χ4v) is 10.3. The number of carbonyl (C=O) groups excluding carboxylic acids is 4. The summed E-state index contributed by atoms with van der Waals surface area (Å²) in [5, 5.41) is 12.0. The zero-order valence-electron chi connectivity index (χ0n) is 32.0. The second-order valence-corrected chi connectivity index (χ2v) is 16.1. The molecule has 12 heteroatoms. The predicted molar refractivity (Wildman–Crippen MR) is 220 cm³/mol. The van der Waals surface area contributed by atoms with Gasteiger partial charge in [0, 0.05) is 11.5 Å². The summed E-state index contributed by atoms with van der Waals surface area (Å²) in [7, 11) is 1.41. The molecule has 3 fully saturated rings. The maximum atomic E-state index is 15.4. The van der Waals surface area contributed by atoms with Crippen LogP contribution in [0.4, 0.5) is 11.4 Å². The number of amides is 4. The van der Waals surface area contributed by atoms with Crippen LogP contribution in [0.25, 0.3) is 22.6 Å². The molecule has 59 heavy (non-hydrogen) atoms. The maximum Gasteiger partial charge on any atom is 0.260 e. The number of imide groups is 2. The number of methoxy groups -OCH3 is 1. The van der Waals surface area contributed by atoms with Crippen LogP contribution in [0.15, 0.2) is 131 Å². The standard InChI is InChI=1S/C47H37ClN4O7/c1-25-12-16-29(17-13-25)50-52-44(55)34-24-33-31(40(27-22-35(48)41(53)38(23-27)58-2)47(34,46(52)57)28-8-4-3-5-9-28)20-21-32-39(33)45(56)51(43(32)54)30-18-14-26(15-19-30)42-49-36-10-6-7-11-37(36)59-42/h3-20,22-23,32-34,39-40,50,53H,21,24H2,1-2H3/t32-,33+,34-,39-,40-,47+/m0/s1. The number of benzene rings is 5. The van der Waals surface area contributed by atoms with Crippen molar-refractivity contribution in [3.8, 4) is 23.0 Å². The van der Waals surface area contributed by atoms with Crippen molar-refractivity contribution in [2.24, 2.45) is 23.7 Å². The van der Waals surface area contributed by atoms with E-state index < -0.39 is 46.8 Å². The number of anilines is 2. The normalized spacial score (nSPS) is 24.9. The van der Waals surface area contributed by atoms with E-state index in [2.05, 4.69) is 10.4 Å². The Kier molecular flexibility index (Phi) is 8.50. The molecule has 0 unspecified atom stereocenters. The third kappa shape index (κ3) is 5.44. The molecule has 10 rings (SSSR count). The van der Waals surface area contributed by atoms with Gasteiger partial charge >= 0.3 is 0 Å². The quantitative estimate of drug-likeness (QED) is 0.120. The molecule has 4 aliphatic rings. The number of hydrazine groups is 1. The summed E-state index contributed by atoms with van der Waals surface area (Å²) in [5.41, 5.74) is 7.52. The number of phenols is 1. The highest BCUT2D eigenvalue weighted by atomic mass is 35.5. The highest BCUT2D eigenvalue weighted by molar-refractivity contribution is 6.32. The Morgan fingerprint density at radius 2 is 1.59 bits per heavy atom. The van der Waals surface area contributed by atoms with Gasteiger partial charge in [0.2, 0.25) is 17.7 Å². The van der Waals surface area contributed by atoms with Crippen molar-refractivity contribution >= 4 is 57.7 Å². The van der Waals surface area contributed by atoms with Crippen molar-refractivity contribution in [2.45, 2.75) is 31.1 Å². The minimum Gasteiger partial charge on any atom is -0.503 e. The Bertz CT molecular complexity index is 2720. The van der Waals surface area contributed by atoms with Crippen LogP contribution < -0.4 is 15.1 Å². The van der Waals surface area contributed by atoms with E-state index in [9.17, 15) is 19.5 Å².